The van der Waals surface area contributed by atoms with Crippen LogP contribution in [0.4, 0.5) is 11.4 Å². The summed E-state index contributed by atoms with van der Waals surface area (Å²) in [5, 5.41) is 12.1. The van der Waals surface area contributed by atoms with E-state index in [0.29, 0.717) is 41.6 Å². The summed E-state index contributed by atoms with van der Waals surface area (Å²) >= 11 is 0. The number of nitrogens with zero attached hydrogens (tertiary/aromatic N) is 2. The Morgan fingerprint density at radius 2 is 1.58 bits per heavy atom. The molecule has 2 aromatic carbocycles. The molecule has 0 aliphatic carbocycles. The molecule has 1 heterocycles. The summed E-state index contributed by atoms with van der Waals surface area (Å²) in [6, 6.07) is 10.2. The van der Waals surface area contributed by atoms with Gasteiger partial charge in [-0.2, -0.15) is 5.10 Å². The van der Waals surface area contributed by atoms with Crippen LogP contribution < -0.4 is 24.8 Å². The second kappa shape index (κ2) is 11.2. The van der Waals surface area contributed by atoms with Crippen LogP contribution in [-0.2, 0) is 9.59 Å². The Labute approximate surface area is 193 Å². The molecule has 0 radical (unpaired) electrons. The second-order valence-corrected chi connectivity index (χ2v) is 7.63. The van der Waals surface area contributed by atoms with E-state index in [1.165, 1.54) is 6.92 Å². The van der Waals surface area contributed by atoms with Gasteiger partial charge in [0.15, 0.2) is 11.5 Å². The number of rotatable bonds is 8. The molecule has 1 aliphatic rings. The lowest BCUT2D eigenvalue weighted by atomic mass is 10.0. The van der Waals surface area contributed by atoms with Crippen LogP contribution in [0.15, 0.2) is 41.5 Å². The number of nitrogens with one attached hydrogen (secondary N) is 2. The van der Waals surface area contributed by atoms with E-state index < -0.39 is 0 Å². The Balaban J connectivity index is 1.73. The van der Waals surface area contributed by atoms with E-state index in [-0.39, 0.29) is 17.9 Å². The predicted molar refractivity (Wildman–Crippen MR) is 127 cm³/mol. The molecule has 1 unspecified atom stereocenters. The van der Waals surface area contributed by atoms with Gasteiger partial charge in [-0.15, -0.1) is 0 Å². The summed E-state index contributed by atoms with van der Waals surface area (Å²) in [6.45, 7) is 2.13. The number of piperidine rings is 1. The predicted octanol–water partition coefficient (Wildman–Crippen LogP) is 3.50. The molecular weight excluding hydrogens is 424 g/mol. The molecule has 1 atom stereocenters. The summed E-state index contributed by atoms with van der Waals surface area (Å²) < 4.78 is 16.2. The Morgan fingerprint density at radius 1 is 0.970 bits per heavy atom. The van der Waals surface area contributed by atoms with Crippen molar-refractivity contribution in [1.29, 1.82) is 0 Å². The summed E-state index contributed by atoms with van der Waals surface area (Å²) in [5.74, 6) is 1.32. The van der Waals surface area contributed by atoms with E-state index in [0.717, 1.165) is 18.4 Å². The molecule has 0 aromatic heterocycles. The molecule has 1 saturated heterocycles. The zero-order valence-electron chi connectivity index (χ0n) is 19.4. The first-order chi connectivity index (χ1) is 15.9. The van der Waals surface area contributed by atoms with E-state index in [4.69, 9.17) is 14.2 Å². The first kappa shape index (κ1) is 23.9. The Bertz CT molecular complexity index is 981. The van der Waals surface area contributed by atoms with Crippen molar-refractivity contribution < 1.29 is 23.8 Å². The van der Waals surface area contributed by atoms with Crippen molar-refractivity contribution >= 4 is 29.4 Å². The number of anilines is 2. The maximum atomic E-state index is 13.0. The molecule has 2 aromatic rings. The fourth-order valence-corrected chi connectivity index (χ4v) is 3.70. The Kier molecular flexibility index (Phi) is 8.12. The first-order valence-corrected chi connectivity index (χ1v) is 10.7. The molecule has 1 fully saturated rings. The number of amides is 2. The highest BCUT2D eigenvalue weighted by atomic mass is 16.5. The molecule has 0 saturated carbocycles. The van der Waals surface area contributed by atoms with E-state index in [9.17, 15) is 9.59 Å². The summed E-state index contributed by atoms with van der Waals surface area (Å²) in [4.78, 5) is 24.1. The Morgan fingerprint density at radius 3 is 2.12 bits per heavy atom. The molecule has 0 spiro atoms. The van der Waals surface area contributed by atoms with Crippen molar-refractivity contribution in [3.05, 3.63) is 42.0 Å². The number of hydrogen-bond acceptors (Lipinski definition) is 7. The van der Waals surface area contributed by atoms with E-state index in [1.54, 1.807) is 63.9 Å². The van der Waals surface area contributed by atoms with E-state index >= 15 is 0 Å². The molecule has 3 rings (SSSR count). The maximum absolute atomic E-state index is 13.0. The third kappa shape index (κ3) is 6.15. The number of ether oxygens (including phenoxy) is 3. The first-order valence-electron chi connectivity index (χ1n) is 10.7. The normalized spacial score (nSPS) is 15.8. The van der Waals surface area contributed by atoms with Gasteiger partial charge in [-0.3, -0.25) is 14.6 Å². The molecule has 0 bridgehead atoms. The summed E-state index contributed by atoms with van der Waals surface area (Å²) in [6.07, 6.45) is 4.32. The maximum Gasteiger partial charge on any atom is 0.248 e. The molecule has 33 heavy (non-hydrogen) atoms. The number of benzene rings is 2. The van der Waals surface area contributed by atoms with Crippen molar-refractivity contribution in [1.82, 2.24) is 5.01 Å². The fourth-order valence-electron chi connectivity index (χ4n) is 3.70. The lowest BCUT2D eigenvalue weighted by Gasteiger charge is -2.32. The number of methoxy groups -OCH3 is 3. The van der Waals surface area contributed by atoms with Gasteiger partial charge in [0.25, 0.3) is 0 Å². The third-order valence-corrected chi connectivity index (χ3v) is 5.29. The van der Waals surface area contributed by atoms with Crippen LogP contribution >= 0.6 is 0 Å². The minimum absolute atomic E-state index is 0.121. The van der Waals surface area contributed by atoms with Crippen molar-refractivity contribution in [2.75, 3.05) is 38.5 Å². The molecule has 1 aliphatic heterocycles. The Hall–Kier alpha value is -3.75. The van der Waals surface area contributed by atoms with Gasteiger partial charge in [-0.1, -0.05) is 0 Å². The minimum Gasteiger partial charge on any atom is -0.493 e. The zero-order chi connectivity index (χ0) is 23.8. The summed E-state index contributed by atoms with van der Waals surface area (Å²) in [5.41, 5.74) is 2.10. The lowest BCUT2D eigenvalue weighted by Crippen LogP contribution is -2.44. The van der Waals surface area contributed by atoms with Crippen LogP contribution in [-0.4, -0.2) is 57.0 Å². The lowest BCUT2D eigenvalue weighted by molar-refractivity contribution is -0.122. The fraction of sp³-hybridized carbons (Fsp3) is 0.375. The van der Waals surface area contributed by atoms with Crippen molar-refractivity contribution in [2.45, 2.75) is 32.2 Å². The standard InChI is InChI=1S/C24H30N4O5/c1-16(29)26-18-8-10-19(11-9-18)27-24(30)20-7-5-6-12-28(20)25-15-17-13-21(31-2)23(33-4)22(14-17)32-3/h8-11,13-15,20H,5-7,12H2,1-4H3,(H,26,29)(H,27,30)/b25-15+. The molecule has 2 amide bonds. The van der Waals surface area contributed by atoms with Crippen molar-refractivity contribution in [2.24, 2.45) is 5.10 Å². The van der Waals surface area contributed by atoms with Gasteiger partial charge >= 0.3 is 0 Å². The molecule has 9 heteroatoms. The van der Waals surface area contributed by atoms with Gasteiger partial charge in [0.1, 0.15) is 6.04 Å². The highest BCUT2D eigenvalue weighted by Crippen LogP contribution is 2.37. The van der Waals surface area contributed by atoms with Gasteiger partial charge in [0.05, 0.1) is 27.5 Å². The number of hydrazone groups is 1. The summed E-state index contributed by atoms with van der Waals surface area (Å²) in [7, 11) is 4.68. The van der Waals surface area contributed by atoms with Crippen molar-refractivity contribution in [3.63, 3.8) is 0 Å². The average Bonchev–Trinajstić information content (AvgIpc) is 2.83. The van der Waals surface area contributed by atoms with E-state index in [1.807, 2.05) is 5.01 Å². The highest BCUT2D eigenvalue weighted by molar-refractivity contribution is 5.95. The number of carbonyl (C=O) groups is 2. The van der Waals surface area contributed by atoms with Crippen LogP contribution in [0.5, 0.6) is 17.2 Å². The molecular formula is C24H30N4O5. The van der Waals surface area contributed by atoms with Gasteiger partial charge in [-0.05, 0) is 55.7 Å². The van der Waals surface area contributed by atoms with Gasteiger partial charge in [-0.25, -0.2) is 0 Å². The quantitative estimate of drug-likeness (QED) is 0.592. The van der Waals surface area contributed by atoms with Crippen LogP contribution in [0.2, 0.25) is 0 Å². The smallest absolute Gasteiger partial charge is 0.248 e. The SMILES string of the molecule is COc1cc(/C=N/N2CCCCC2C(=O)Nc2ccc(NC(C)=O)cc2)cc(OC)c1OC. The molecule has 2 N–H and O–H groups in total. The van der Waals surface area contributed by atoms with Crippen LogP contribution in [0, 0.1) is 0 Å². The monoisotopic (exact) mass is 454 g/mol. The second-order valence-electron chi connectivity index (χ2n) is 7.63. The third-order valence-electron chi connectivity index (χ3n) is 5.29. The van der Waals surface area contributed by atoms with Crippen molar-refractivity contribution in [3.8, 4) is 17.2 Å². The molecule has 176 valence electrons. The average molecular weight is 455 g/mol. The van der Waals surface area contributed by atoms with Gasteiger partial charge in [0, 0.05) is 30.4 Å². The number of carbonyl (C=O) groups excluding carboxylic acids is 2. The highest BCUT2D eigenvalue weighted by Gasteiger charge is 2.28. The number of hydrogen-bond donors (Lipinski definition) is 2. The largest absolute Gasteiger partial charge is 0.493 e. The van der Waals surface area contributed by atoms with Crippen LogP contribution in [0.3, 0.4) is 0 Å². The minimum atomic E-state index is -0.382. The van der Waals surface area contributed by atoms with Gasteiger partial charge < -0.3 is 24.8 Å². The topological polar surface area (TPSA) is 101 Å². The molecule has 9 nitrogen and oxygen atoms in total. The van der Waals surface area contributed by atoms with Crippen LogP contribution in [0.1, 0.15) is 31.7 Å². The van der Waals surface area contributed by atoms with Gasteiger partial charge in [0.2, 0.25) is 17.6 Å². The van der Waals surface area contributed by atoms with E-state index in [2.05, 4.69) is 15.7 Å². The van der Waals surface area contributed by atoms with Crippen LogP contribution in [0.25, 0.3) is 0 Å². The zero-order valence-corrected chi connectivity index (χ0v) is 19.4.